The SMILES string of the molecule is CSc1cc(-c2cnc3ccccn23)cc(OC[C@@]2(N)CCSC2)c1C#N. The summed E-state index contributed by atoms with van der Waals surface area (Å²) in [5.74, 6) is 2.53. The van der Waals surface area contributed by atoms with E-state index in [9.17, 15) is 5.26 Å². The smallest absolute Gasteiger partial charge is 0.138 e. The molecule has 0 unspecified atom stereocenters. The molecule has 1 fully saturated rings. The van der Waals surface area contributed by atoms with Crippen LogP contribution in [-0.2, 0) is 0 Å². The van der Waals surface area contributed by atoms with Crippen LogP contribution in [0.1, 0.15) is 12.0 Å². The number of nitrogens with two attached hydrogens (primary N) is 1. The van der Waals surface area contributed by atoms with Crippen molar-refractivity contribution in [1.29, 1.82) is 5.26 Å². The topological polar surface area (TPSA) is 76.3 Å². The van der Waals surface area contributed by atoms with E-state index in [0.717, 1.165) is 39.7 Å². The van der Waals surface area contributed by atoms with Crippen LogP contribution in [0, 0.1) is 11.3 Å². The summed E-state index contributed by atoms with van der Waals surface area (Å²) in [5, 5.41) is 9.68. The summed E-state index contributed by atoms with van der Waals surface area (Å²) in [5.41, 5.74) is 9.49. The average Bonchev–Trinajstić information content (AvgIpc) is 3.32. The molecule has 7 heteroatoms. The highest BCUT2D eigenvalue weighted by Gasteiger charge is 2.31. The first kappa shape index (κ1) is 18.2. The van der Waals surface area contributed by atoms with Crippen molar-refractivity contribution in [2.24, 2.45) is 5.73 Å². The zero-order valence-corrected chi connectivity index (χ0v) is 16.6. The molecule has 0 amide bonds. The van der Waals surface area contributed by atoms with E-state index in [1.807, 2.05) is 65.1 Å². The van der Waals surface area contributed by atoms with Gasteiger partial charge in [0.05, 0.1) is 17.4 Å². The largest absolute Gasteiger partial charge is 0.490 e. The molecule has 3 heterocycles. The number of aromatic nitrogens is 2. The van der Waals surface area contributed by atoms with Gasteiger partial charge >= 0.3 is 0 Å². The van der Waals surface area contributed by atoms with Crippen molar-refractivity contribution in [2.75, 3.05) is 24.4 Å². The van der Waals surface area contributed by atoms with Crippen molar-refractivity contribution in [1.82, 2.24) is 9.38 Å². The van der Waals surface area contributed by atoms with E-state index in [1.54, 1.807) is 11.8 Å². The van der Waals surface area contributed by atoms with E-state index in [1.165, 1.54) is 0 Å². The maximum absolute atomic E-state index is 9.68. The fourth-order valence-corrected chi connectivity index (χ4v) is 5.15. The van der Waals surface area contributed by atoms with Gasteiger partial charge in [0.15, 0.2) is 0 Å². The Labute approximate surface area is 166 Å². The van der Waals surface area contributed by atoms with Crippen LogP contribution in [-0.4, -0.2) is 39.3 Å². The molecule has 3 aromatic rings. The second kappa shape index (κ2) is 7.47. The molecule has 2 N–H and O–H groups in total. The Bertz CT molecular complexity index is 1020. The molecule has 4 rings (SSSR count). The van der Waals surface area contributed by atoms with E-state index >= 15 is 0 Å². The molecule has 27 heavy (non-hydrogen) atoms. The standard InChI is InChI=1S/C20H20N4OS2/c1-26-18-9-14(16-11-23-19-4-2-3-6-24(16)19)8-17(15(18)10-21)25-12-20(22)5-7-27-13-20/h2-4,6,8-9,11H,5,7,12-13,22H2,1H3/t20-/m0/s1. The molecule has 0 spiro atoms. The number of imidazole rings is 1. The first-order valence-corrected chi connectivity index (χ1v) is 11.1. The normalized spacial score (nSPS) is 19.3. The van der Waals surface area contributed by atoms with E-state index in [-0.39, 0.29) is 5.54 Å². The Hall–Kier alpha value is -2.14. The second-order valence-electron chi connectivity index (χ2n) is 6.69. The molecular formula is C20H20N4OS2. The maximum Gasteiger partial charge on any atom is 0.138 e. The number of hydrogen-bond donors (Lipinski definition) is 1. The molecule has 1 aromatic carbocycles. The number of thioether (sulfide) groups is 2. The van der Waals surface area contributed by atoms with Crippen molar-refractivity contribution >= 4 is 29.2 Å². The van der Waals surface area contributed by atoms with Gasteiger partial charge in [0.1, 0.15) is 29.6 Å². The molecule has 1 aliphatic heterocycles. The predicted molar refractivity (Wildman–Crippen MR) is 111 cm³/mol. The van der Waals surface area contributed by atoms with E-state index in [0.29, 0.717) is 17.9 Å². The number of benzene rings is 1. The number of rotatable bonds is 5. The third-order valence-electron chi connectivity index (χ3n) is 4.76. The highest BCUT2D eigenvalue weighted by atomic mass is 32.2. The first-order valence-electron chi connectivity index (χ1n) is 8.67. The molecule has 0 saturated carbocycles. The number of hydrogen-bond acceptors (Lipinski definition) is 6. The fourth-order valence-electron chi connectivity index (χ4n) is 3.23. The molecule has 2 aromatic heterocycles. The van der Waals surface area contributed by atoms with Crippen molar-refractivity contribution < 1.29 is 4.74 Å². The van der Waals surface area contributed by atoms with E-state index in [2.05, 4.69) is 11.1 Å². The minimum atomic E-state index is -0.323. The first-order chi connectivity index (χ1) is 13.1. The van der Waals surface area contributed by atoms with E-state index in [4.69, 9.17) is 10.5 Å². The third kappa shape index (κ3) is 3.53. The molecule has 1 aliphatic rings. The average molecular weight is 397 g/mol. The molecule has 0 aliphatic carbocycles. The highest BCUT2D eigenvalue weighted by Crippen LogP contribution is 2.36. The molecule has 1 saturated heterocycles. The molecule has 0 radical (unpaired) electrons. The van der Waals surface area contributed by atoms with Gasteiger partial charge in [-0.15, -0.1) is 11.8 Å². The van der Waals surface area contributed by atoms with Crippen molar-refractivity contribution in [3.05, 3.63) is 48.3 Å². The minimum Gasteiger partial charge on any atom is -0.490 e. The number of fused-ring (bicyclic) bond motifs is 1. The maximum atomic E-state index is 9.68. The van der Waals surface area contributed by atoms with Crippen LogP contribution in [0.2, 0.25) is 0 Å². The summed E-state index contributed by atoms with van der Waals surface area (Å²) in [6.45, 7) is 0.416. The van der Waals surface area contributed by atoms with Crippen molar-refractivity contribution in [2.45, 2.75) is 16.9 Å². The van der Waals surface area contributed by atoms with Crippen LogP contribution in [0.15, 0.2) is 47.6 Å². The van der Waals surface area contributed by atoms with Gasteiger partial charge in [-0.3, -0.25) is 4.40 Å². The van der Waals surface area contributed by atoms with Crippen LogP contribution in [0.5, 0.6) is 5.75 Å². The van der Waals surface area contributed by atoms with Gasteiger partial charge in [-0.25, -0.2) is 4.98 Å². The Balaban J connectivity index is 1.76. The summed E-state index contributed by atoms with van der Waals surface area (Å²) >= 11 is 3.39. The third-order valence-corrected chi connectivity index (χ3v) is 6.79. The van der Waals surface area contributed by atoms with Gasteiger partial charge in [-0.05, 0) is 42.7 Å². The van der Waals surface area contributed by atoms with Gasteiger partial charge in [0, 0.05) is 22.4 Å². The highest BCUT2D eigenvalue weighted by molar-refractivity contribution is 7.99. The van der Waals surface area contributed by atoms with Gasteiger partial charge in [0.25, 0.3) is 0 Å². The summed E-state index contributed by atoms with van der Waals surface area (Å²) in [6.07, 6.45) is 6.74. The molecule has 138 valence electrons. The lowest BCUT2D eigenvalue weighted by atomic mass is 10.0. The Kier molecular flexibility index (Phi) is 5.04. The molecule has 1 atom stereocenters. The summed E-state index contributed by atoms with van der Waals surface area (Å²) in [7, 11) is 0. The summed E-state index contributed by atoms with van der Waals surface area (Å²) in [4.78, 5) is 5.36. The van der Waals surface area contributed by atoms with Crippen molar-refractivity contribution in [3.8, 4) is 23.1 Å². The lowest BCUT2D eigenvalue weighted by Gasteiger charge is -2.23. The van der Waals surface area contributed by atoms with Gasteiger partial charge in [0.2, 0.25) is 0 Å². The van der Waals surface area contributed by atoms with Crippen LogP contribution in [0.25, 0.3) is 16.9 Å². The Morgan fingerprint density at radius 1 is 1.44 bits per heavy atom. The lowest BCUT2D eigenvalue weighted by Crippen LogP contribution is -2.45. The molecule has 0 bridgehead atoms. The van der Waals surface area contributed by atoms with Gasteiger partial charge in [-0.1, -0.05) is 6.07 Å². The monoisotopic (exact) mass is 396 g/mol. The molecule has 5 nitrogen and oxygen atoms in total. The van der Waals surface area contributed by atoms with Crippen LogP contribution in [0.4, 0.5) is 0 Å². The van der Waals surface area contributed by atoms with Gasteiger partial charge in [-0.2, -0.15) is 17.0 Å². The number of nitriles is 1. The van der Waals surface area contributed by atoms with Crippen LogP contribution >= 0.6 is 23.5 Å². The number of ether oxygens (including phenoxy) is 1. The zero-order chi connectivity index (χ0) is 18.9. The Morgan fingerprint density at radius 2 is 2.33 bits per heavy atom. The quantitative estimate of drug-likeness (QED) is 0.661. The van der Waals surface area contributed by atoms with Crippen LogP contribution < -0.4 is 10.5 Å². The lowest BCUT2D eigenvalue weighted by molar-refractivity contribution is 0.233. The van der Waals surface area contributed by atoms with Crippen molar-refractivity contribution in [3.63, 3.8) is 0 Å². The summed E-state index contributed by atoms with van der Waals surface area (Å²) in [6, 6.07) is 12.2. The predicted octanol–water partition coefficient (Wildman–Crippen LogP) is 3.81. The zero-order valence-electron chi connectivity index (χ0n) is 15.0. The molecular weight excluding hydrogens is 376 g/mol. The van der Waals surface area contributed by atoms with Gasteiger partial charge < -0.3 is 10.5 Å². The minimum absolute atomic E-state index is 0.323. The number of nitrogens with zero attached hydrogens (tertiary/aromatic N) is 3. The second-order valence-corrected chi connectivity index (χ2v) is 8.64. The Morgan fingerprint density at radius 3 is 3.07 bits per heavy atom. The fraction of sp³-hybridized carbons (Fsp3) is 0.300. The summed E-state index contributed by atoms with van der Waals surface area (Å²) < 4.78 is 8.14. The van der Waals surface area contributed by atoms with E-state index < -0.39 is 0 Å². The van der Waals surface area contributed by atoms with Crippen LogP contribution in [0.3, 0.4) is 0 Å². The number of pyridine rings is 1.